The van der Waals surface area contributed by atoms with Crippen LogP contribution in [0.3, 0.4) is 0 Å². The van der Waals surface area contributed by atoms with E-state index >= 15 is 0 Å². The van der Waals surface area contributed by atoms with E-state index in [0.29, 0.717) is 74.3 Å². The highest BCUT2D eigenvalue weighted by atomic mass is 16.5. The zero-order valence-electron chi connectivity index (χ0n) is 30.9. The molecule has 53 heavy (non-hydrogen) atoms. The number of aromatic nitrogens is 1. The Morgan fingerprint density at radius 1 is 0.981 bits per heavy atom. The zero-order valence-corrected chi connectivity index (χ0v) is 30.9. The molecule has 0 fully saturated rings. The molecule has 0 aliphatic carbocycles. The molecule has 1 aliphatic heterocycles. The molecule has 1 aliphatic rings. The topological polar surface area (TPSA) is 166 Å². The van der Waals surface area contributed by atoms with Crippen molar-refractivity contribution in [1.29, 1.82) is 0 Å². The number of rotatable bonds is 11. The molecule has 3 aromatic carbocycles. The number of Topliss-reactive ketones (excluding diaryl/α,β-unsaturated/α-hetero) is 1. The Kier molecular flexibility index (Phi) is 12.9. The van der Waals surface area contributed by atoms with Crippen molar-refractivity contribution in [2.24, 2.45) is 0 Å². The summed E-state index contributed by atoms with van der Waals surface area (Å²) in [5, 5.41) is 27.6. The Hall–Kier alpha value is -5.65. The lowest BCUT2D eigenvalue weighted by atomic mass is 9.84. The monoisotopic (exact) mass is 728 g/mol. The fraction of sp³-hybridized carbons (Fsp3) is 0.390. The van der Waals surface area contributed by atoms with Gasteiger partial charge in [0.1, 0.15) is 28.6 Å². The lowest BCUT2D eigenvalue weighted by Gasteiger charge is -2.24. The van der Waals surface area contributed by atoms with Crippen LogP contribution in [0.5, 0.6) is 34.5 Å². The van der Waals surface area contributed by atoms with Crippen LogP contribution in [0.4, 0.5) is 0 Å². The lowest BCUT2D eigenvalue weighted by Crippen LogP contribution is -2.27. The van der Waals surface area contributed by atoms with Crippen LogP contribution >= 0.6 is 0 Å². The molecule has 1 amide bonds. The van der Waals surface area contributed by atoms with E-state index < -0.39 is 23.7 Å². The molecule has 12 heteroatoms. The van der Waals surface area contributed by atoms with Crippen LogP contribution < -0.4 is 24.3 Å². The molecule has 0 saturated heterocycles. The second-order valence-corrected chi connectivity index (χ2v) is 13.1. The van der Waals surface area contributed by atoms with Gasteiger partial charge in [-0.3, -0.25) is 9.59 Å². The Balaban J connectivity index is 1.54. The van der Waals surface area contributed by atoms with Crippen molar-refractivity contribution in [3.8, 4) is 34.5 Å². The second kappa shape index (κ2) is 17.7. The molecule has 2 heterocycles. The number of nitrogens with one attached hydrogen (secondary N) is 2. The van der Waals surface area contributed by atoms with E-state index in [-0.39, 0.29) is 40.6 Å². The van der Waals surface area contributed by atoms with Gasteiger partial charge in [-0.1, -0.05) is 12.2 Å². The van der Waals surface area contributed by atoms with Crippen LogP contribution in [0.2, 0.25) is 0 Å². The number of hydrogen-bond donors (Lipinski definition) is 4. The number of allylic oxidation sites excluding steroid dienone is 1. The van der Waals surface area contributed by atoms with E-state index in [4.69, 9.17) is 23.7 Å². The molecule has 0 spiro atoms. The molecule has 0 radical (unpaired) electrons. The molecule has 4 N–H and O–H groups in total. The van der Waals surface area contributed by atoms with Crippen molar-refractivity contribution in [2.75, 3.05) is 35.0 Å². The summed E-state index contributed by atoms with van der Waals surface area (Å²) in [6.07, 6.45) is 8.14. The summed E-state index contributed by atoms with van der Waals surface area (Å²) >= 11 is 0. The van der Waals surface area contributed by atoms with E-state index in [9.17, 15) is 24.6 Å². The molecule has 12 nitrogen and oxygen atoms in total. The first-order valence-corrected chi connectivity index (χ1v) is 17.8. The number of carbonyl (C=O) groups is 3. The van der Waals surface area contributed by atoms with Crippen LogP contribution in [0.15, 0.2) is 48.7 Å². The van der Waals surface area contributed by atoms with Crippen LogP contribution in [-0.4, -0.2) is 73.9 Å². The highest BCUT2D eigenvalue weighted by Gasteiger charge is 2.32. The molecule has 1 aromatic heterocycles. The third-order valence-electron chi connectivity index (χ3n) is 9.57. The summed E-state index contributed by atoms with van der Waals surface area (Å²) in [6, 6.07) is 10.4. The van der Waals surface area contributed by atoms with Gasteiger partial charge >= 0.3 is 5.97 Å². The zero-order chi connectivity index (χ0) is 38.1. The van der Waals surface area contributed by atoms with Crippen molar-refractivity contribution in [3.63, 3.8) is 0 Å². The maximum Gasteiger partial charge on any atom is 0.342 e. The molecule has 0 bridgehead atoms. The van der Waals surface area contributed by atoms with Crippen LogP contribution in [-0.2, 0) is 20.7 Å². The van der Waals surface area contributed by atoms with E-state index in [1.807, 2.05) is 24.4 Å². The number of fused-ring (bicyclic) bond motifs is 2. The lowest BCUT2D eigenvalue weighted by molar-refractivity contribution is -0.121. The van der Waals surface area contributed by atoms with Crippen molar-refractivity contribution < 1.29 is 48.3 Å². The molecule has 5 rings (SSSR count). The minimum atomic E-state index is -0.986. The van der Waals surface area contributed by atoms with Gasteiger partial charge < -0.3 is 44.2 Å². The first kappa shape index (κ1) is 38.6. The summed E-state index contributed by atoms with van der Waals surface area (Å²) in [6.45, 7) is 2.03. The number of methoxy groups -OCH3 is 4. The summed E-state index contributed by atoms with van der Waals surface area (Å²) in [5.41, 5.74) is 2.46. The Labute approximate surface area is 309 Å². The Bertz CT molecular complexity index is 1960. The van der Waals surface area contributed by atoms with E-state index in [2.05, 4.69) is 10.3 Å². The number of phenols is 2. The highest BCUT2D eigenvalue weighted by molar-refractivity contribution is 5.98. The number of hydrogen-bond acceptors (Lipinski definition) is 10. The normalized spacial score (nSPS) is 15.9. The number of ketones is 1. The molecule has 2 unspecified atom stereocenters. The third-order valence-corrected chi connectivity index (χ3v) is 9.57. The van der Waals surface area contributed by atoms with Gasteiger partial charge in [-0.2, -0.15) is 0 Å². The van der Waals surface area contributed by atoms with E-state index in [1.165, 1.54) is 27.4 Å². The highest BCUT2D eigenvalue weighted by Crippen LogP contribution is 2.47. The summed E-state index contributed by atoms with van der Waals surface area (Å²) < 4.78 is 27.9. The largest absolute Gasteiger partial charge is 0.507 e. The third kappa shape index (κ3) is 9.05. The van der Waals surface area contributed by atoms with Crippen LogP contribution in [0.1, 0.15) is 90.4 Å². The van der Waals surface area contributed by atoms with E-state index in [1.54, 1.807) is 38.3 Å². The number of esters is 1. The fourth-order valence-corrected chi connectivity index (χ4v) is 6.79. The summed E-state index contributed by atoms with van der Waals surface area (Å²) in [5.74, 6) is -1.18. The molecule has 2 atom stereocenters. The maximum atomic E-state index is 13.8. The quantitative estimate of drug-likeness (QED) is 0.118. The van der Waals surface area contributed by atoms with Crippen LogP contribution in [0, 0.1) is 0 Å². The predicted octanol–water partition coefficient (Wildman–Crippen LogP) is 6.98. The van der Waals surface area contributed by atoms with Gasteiger partial charge in [0.25, 0.3) is 0 Å². The molecular weight excluding hydrogens is 680 g/mol. The maximum absolute atomic E-state index is 13.8. The standard InChI is InChI=1S/C41H48N2O10/c1-24-10-9-13-28(44)12-8-6-7-11-25-18-33(45)38(39(47)37(25)41(48)53-24)31(27-19-34(50-3)40(52-5)35(20-27)51-4)22-36(46)42-17-16-26-23-43-32-15-14-29(49-2)21-30(26)32/h7,11,14-15,18-21,23-24,31,43,45,47H,6,8-10,12-13,16-17,22H2,1-5H3,(H,42,46). The predicted molar refractivity (Wildman–Crippen MR) is 201 cm³/mol. The van der Waals surface area contributed by atoms with Gasteiger partial charge in [0.15, 0.2) is 11.5 Å². The minimum absolute atomic E-state index is 0.0402. The van der Waals surface area contributed by atoms with E-state index in [0.717, 1.165) is 22.2 Å². The number of aromatic hydroxyl groups is 2. The smallest absolute Gasteiger partial charge is 0.342 e. The number of H-pyrrole nitrogens is 1. The number of cyclic esters (lactones) is 1. The molecule has 0 saturated carbocycles. The Morgan fingerprint density at radius 2 is 1.72 bits per heavy atom. The molecule has 282 valence electrons. The summed E-state index contributed by atoms with van der Waals surface area (Å²) in [4.78, 5) is 43.0. The Morgan fingerprint density at radius 3 is 2.42 bits per heavy atom. The first-order chi connectivity index (χ1) is 25.6. The average Bonchev–Trinajstić information content (AvgIpc) is 3.54. The van der Waals surface area contributed by atoms with Gasteiger partial charge in [0.05, 0.1) is 34.5 Å². The minimum Gasteiger partial charge on any atom is -0.507 e. The van der Waals surface area contributed by atoms with Crippen molar-refractivity contribution >= 4 is 34.6 Å². The average molecular weight is 729 g/mol. The molecule has 4 aromatic rings. The van der Waals surface area contributed by atoms with Gasteiger partial charge in [-0.15, -0.1) is 0 Å². The van der Waals surface area contributed by atoms with Gasteiger partial charge in [-0.25, -0.2) is 4.79 Å². The first-order valence-electron chi connectivity index (χ1n) is 17.8. The van der Waals surface area contributed by atoms with Gasteiger partial charge in [-0.05, 0) is 92.1 Å². The fourth-order valence-electron chi connectivity index (χ4n) is 6.79. The molecular formula is C41H48N2O10. The van der Waals surface area contributed by atoms with Crippen molar-refractivity contribution in [1.82, 2.24) is 10.3 Å². The second-order valence-electron chi connectivity index (χ2n) is 13.1. The van der Waals surface area contributed by atoms with Gasteiger partial charge in [0, 0.05) is 54.4 Å². The van der Waals surface area contributed by atoms with Crippen molar-refractivity contribution in [2.45, 2.75) is 70.3 Å². The van der Waals surface area contributed by atoms with Crippen molar-refractivity contribution in [3.05, 3.63) is 76.5 Å². The number of aromatic amines is 1. The number of phenolic OH excluding ortho intramolecular Hbond substituents is 2. The number of carbonyl (C=O) groups excluding carboxylic acids is 3. The number of ether oxygens (including phenoxy) is 5. The summed E-state index contributed by atoms with van der Waals surface area (Å²) in [7, 11) is 6.00. The SMILES string of the molecule is COc1ccc2[nH]cc(CCNC(=O)CC(c3cc(OC)c(OC)c(OC)c3)c3c(O)cc4c(c3O)C(=O)OC(C)CCCC(=O)CCCC=C4)c2c1. The number of amides is 1. The number of benzene rings is 3. The van der Waals surface area contributed by atoms with Crippen LogP contribution in [0.25, 0.3) is 17.0 Å². The van der Waals surface area contributed by atoms with Gasteiger partial charge in [0.2, 0.25) is 11.7 Å².